The van der Waals surface area contributed by atoms with Gasteiger partial charge < -0.3 is 5.32 Å². The number of unbranched alkanes of at least 4 members (excludes halogenated alkanes) is 1. The van der Waals surface area contributed by atoms with Crippen LogP contribution in [0.15, 0.2) is 48.5 Å². The largest absolute Gasteiger partial charge is 0.326 e. The molecule has 0 heterocycles. The second-order valence-corrected chi connectivity index (χ2v) is 9.11. The number of nitrogens with one attached hydrogen (secondary N) is 1. The average Bonchev–Trinajstić information content (AvgIpc) is 2.65. The molecule has 0 saturated heterocycles. The van der Waals surface area contributed by atoms with Crippen LogP contribution in [0, 0.1) is 0 Å². The molecule has 0 aromatic heterocycles. The summed E-state index contributed by atoms with van der Waals surface area (Å²) < 4.78 is 25.5. The number of benzene rings is 2. The highest BCUT2D eigenvalue weighted by molar-refractivity contribution is 7.92. The smallest absolute Gasteiger partial charge is 0.232 e. The lowest BCUT2D eigenvalue weighted by molar-refractivity contribution is -0.116. The van der Waals surface area contributed by atoms with E-state index in [1.807, 2.05) is 24.3 Å². The fraction of sp³-hybridized carbons (Fsp3) is 0.381. The molecule has 1 N–H and O–H groups in total. The van der Waals surface area contributed by atoms with E-state index in [9.17, 15) is 13.2 Å². The van der Waals surface area contributed by atoms with Crippen LogP contribution in [0.5, 0.6) is 0 Å². The molecule has 2 aromatic rings. The molecular formula is C21H27ClN2O3S. The number of carbonyl (C=O) groups is 1. The third-order valence-corrected chi connectivity index (χ3v) is 5.78. The van der Waals surface area contributed by atoms with Gasteiger partial charge in [0.05, 0.1) is 11.9 Å². The van der Waals surface area contributed by atoms with Gasteiger partial charge in [-0.25, -0.2) is 8.42 Å². The Kier molecular flexibility index (Phi) is 8.33. The number of aryl methyl sites for hydroxylation is 1. The second-order valence-electron chi connectivity index (χ2n) is 6.76. The van der Waals surface area contributed by atoms with Crippen molar-refractivity contribution in [3.63, 3.8) is 0 Å². The van der Waals surface area contributed by atoms with E-state index in [0.717, 1.165) is 31.2 Å². The van der Waals surface area contributed by atoms with Crippen LogP contribution in [0.25, 0.3) is 0 Å². The molecule has 1 amide bonds. The molecule has 0 fully saturated rings. The van der Waals surface area contributed by atoms with E-state index in [0.29, 0.717) is 17.1 Å². The van der Waals surface area contributed by atoms with Gasteiger partial charge in [-0.2, -0.15) is 0 Å². The lowest BCUT2D eigenvalue weighted by Crippen LogP contribution is -2.31. The Balaban J connectivity index is 1.87. The summed E-state index contributed by atoms with van der Waals surface area (Å²) in [5.41, 5.74) is 2.55. The van der Waals surface area contributed by atoms with E-state index >= 15 is 0 Å². The zero-order chi connectivity index (χ0) is 20.6. The number of hydrogen-bond acceptors (Lipinski definition) is 3. The van der Waals surface area contributed by atoms with Crippen molar-refractivity contribution in [3.05, 3.63) is 59.1 Å². The van der Waals surface area contributed by atoms with E-state index < -0.39 is 10.0 Å². The van der Waals surface area contributed by atoms with E-state index in [2.05, 4.69) is 12.2 Å². The Morgan fingerprint density at radius 2 is 1.68 bits per heavy atom. The van der Waals surface area contributed by atoms with Crippen molar-refractivity contribution in [2.24, 2.45) is 0 Å². The molecule has 0 aliphatic rings. The summed E-state index contributed by atoms with van der Waals surface area (Å²) >= 11 is 5.87. The molecule has 2 rings (SSSR count). The zero-order valence-corrected chi connectivity index (χ0v) is 17.9. The predicted molar refractivity (Wildman–Crippen MR) is 117 cm³/mol. The van der Waals surface area contributed by atoms with Gasteiger partial charge in [-0.3, -0.25) is 9.10 Å². The number of nitrogens with zero attached hydrogens (tertiary/aromatic N) is 1. The Labute approximate surface area is 172 Å². The SMILES string of the molecule is CCCCc1ccc(NC(=O)CCCN(c2ccc(Cl)cc2)S(C)(=O)=O)cc1. The van der Waals surface area contributed by atoms with Gasteiger partial charge in [0.15, 0.2) is 0 Å². The summed E-state index contributed by atoms with van der Waals surface area (Å²) in [6.45, 7) is 2.39. The Bertz CT molecular complexity index is 866. The lowest BCUT2D eigenvalue weighted by atomic mass is 10.1. The molecule has 0 atom stereocenters. The van der Waals surface area contributed by atoms with Gasteiger partial charge >= 0.3 is 0 Å². The van der Waals surface area contributed by atoms with Gasteiger partial charge in [-0.1, -0.05) is 37.1 Å². The maximum absolute atomic E-state index is 12.2. The molecule has 0 bridgehead atoms. The van der Waals surface area contributed by atoms with Crippen molar-refractivity contribution in [1.82, 2.24) is 0 Å². The van der Waals surface area contributed by atoms with Gasteiger partial charge in [0.25, 0.3) is 0 Å². The van der Waals surface area contributed by atoms with Crippen molar-refractivity contribution >= 4 is 38.9 Å². The van der Waals surface area contributed by atoms with Gasteiger partial charge in [0.2, 0.25) is 15.9 Å². The first-order valence-corrected chi connectivity index (χ1v) is 11.6. The monoisotopic (exact) mass is 422 g/mol. The molecule has 0 aliphatic heterocycles. The molecule has 0 spiro atoms. The molecule has 5 nitrogen and oxygen atoms in total. The van der Waals surface area contributed by atoms with Gasteiger partial charge in [-0.05, 0) is 61.2 Å². The normalized spacial score (nSPS) is 11.2. The van der Waals surface area contributed by atoms with E-state index in [-0.39, 0.29) is 18.9 Å². The van der Waals surface area contributed by atoms with Crippen LogP contribution in [-0.2, 0) is 21.2 Å². The number of halogens is 1. The predicted octanol–water partition coefficient (Wildman–Crippen LogP) is 4.87. The van der Waals surface area contributed by atoms with Crippen LogP contribution in [0.4, 0.5) is 11.4 Å². The number of carbonyl (C=O) groups excluding carboxylic acids is 1. The van der Waals surface area contributed by atoms with E-state index in [1.165, 1.54) is 9.87 Å². The fourth-order valence-electron chi connectivity index (χ4n) is 2.84. The van der Waals surface area contributed by atoms with Crippen LogP contribution < -0.4 is 9.62 Å². The molecular weight excluding hydrogens is 396 g/mol. The standard InChI is InChI=1S/C21H27ClN2O3S/c1-3-4-6-17-8-12-19(13-9-17)23-21(25)7-5-16-24(28(2,26)27)20-14-10-18(22)11-15-20/h8-15H,3-7,16H2,1-2H3,(H,23,25). The average molecular weight is 423 g/mol. The summed E-state index contributed by atoms with van der Waals surface area (Å²) in [5.74, 6) is -0.133. The highest BCUT2D eigenvalue weighted by atomic mass is 35.5. The first kappa shape index (κ1) is 22.2. The summed E-state index contributed by atoms with van der Waals surface area (Å²) in [5, 5.41) is 3.40. The van der Waals surface area contributed by atoms with Crippen molar-refractivity contribution in [2.45, 2.75) is 39.0 Å². The molecule has 152 valence electrons. The molecule has 0 radical (unpaired) electrons. The fourth-order valence-corrected chi connectivity index (χ4v) is 3.93. The number of hydrogen-bond donors (Lipinski definition) is 1. The number of anilines is 2. The molecule has 2 aromatic carbocycles. The maximum atomic E-state index is 12.2. The molecule has 0 unspecified atom stereocenters. The minimum absolute atomic E-state index is 0.133. The Morgan fingerprint density at radius 3 is 2.25 bits per heavy atom. The maximum Gasteiger partial charge on any atom is 0.232 e. The Morgan fingerprint density at radius 1 is 1.04 bits per heavy atom. The summed E-state index contributed by atoms with van der Waals surface area (Å²) in [6.07, 6.45) is 5.14. The second kappa shape index (κ2) is 10.5. The van der Waals surface area contributed by atoms with E-state index in [4.69, 9.17) is 11.6 Å². The van der Waals surface area contributed by atoms with Crippen molar-refractivity contribution < 1.29 is 13.2 Å². The number of rotatable bonds is 10. The first-order valence-electron chi connectivity index (χ1n) is 9.41. The van der Waals surface area contributed by atoms with Crippen LogP contribution >= 0.6 is 11.6 Å². The first-order chi connectivity index (χ1) is 13.3. The van der Waals surface area contributed by atoms with Crippen LogP contribution in [-0.4, -0.2) is 27.1 Å². The van der Waals surface area contributed by atoms with Crippen molar-refractivity contribution in [2.75, 3.05) is 22.4 Å². The van der Waals surface area contributed by atoms with Crippen LogP contribution in [0.2, 0.25) is 5.02 Å². The van der Waals surface area contributed by atoms with Gasteiger partial charge in [0, 0.05) is 23.7 Å². The van der Waals surface area contributed by atoms with Crippen molar-refractivity contribution in [1.29, 1.82) is 0 Å². The van der Waals surface area contributed by atoms with Crippen molar-refractivity contribution in [3.8, 4) is 0 Å². The third kappa shape index (κ3) is 7.17. The molecule has 28 heavy (non-hydrogen) atoms. The Hall–Kier alpha value is -2.05. The summed E-state index contributed by atoms with van der Waals surface area (Å²) in [6, 6.07) is 14.5. The zero-order valence-electron chi connectivity index (χ0n) is 16.3. The lowest BCUT2D eigenvalue weighted by Gasteiger charge is -2.22. The van der Waals surface area contributed by atoms with Gasteiger partial charge in [-0.15, -0.1) is 0 Å². The quantitative estimate of drug-likeness (QED) is 0.594. The molecule has 0 saturated carbocycles. The minimum Gasteiger partial charge on any atom is -0.326 e. The number of amides is 1. The van der Waals surface area contributed by atoms with Crippen LogP contribution in [0.3, 0.4) is 0 Å². The third-order valence-electron chi connectivity index (χ3n) is 4.34. The number of sulfonamides is 1. The summed E-state index contributed by atoms with van der Waals surface area (Å²) in [7, 11) is -3.44. The highest BCUT2D eigenvalue weighted by Crippen LogP contribution is 2.21. The minimum atomic E-state index is -3.44. The summed E-state index contributed by atoms with van der Waals surface area (Å²) in [4.78, 5) is 12.2. The van der Waals surface area contributed by atoms with Gasteiger partial charge in [0.1, 0.15) is 0 Å². The highest BCUT2D eigenvalue weighted by Gasteiger charge is 2.17. The van der Waals surface area contributed by atoms with E-state index in [1.54, 1.807) is 24.3 Å². The molecule has 7 heteroatoms. The topological polar surface area (TPSA) is 66.5 Å². The van der Waals surface area contributed by atoms with Crippen LogP contribution in [0.1, 0.15) is 38.2 Å². The molecule has 0 aliphatic carbocycles.